The van der Waals surface area contributed by atoms with E-state index in [2.05, 4.69) is 5.32 Å². The molecule has 1 aromatic carbocycles. The molecular formula is C16H13N3O4. The minimum Gasteiger partial charge on any atom is -0.357 e. The van der Waals surface area contributed by atoms with Crippen LogP contribution in [0, 0.1) is 5.92 Å². The summed E-state index contributed by atoms with van der Waals surface area (Å²) in [4.78, 5) is 48.6. The van der Waals surface area contributed by atoms with Crippen molar-refractivity contribution in [2.24, 2.45) is 18.7 Å². The number of anilines is 1. The number of urea groups is 1. The van der Waals surface area contributed by atoms with Crippen molar-refractivity contribution in [3.63, 3.8) is 0 Å². The van der Waals surface area contributed by atoms with E-state index in [0.29, 0.717) is 0 Å². The summed E-state index contributed by atoms with van der Waals surface area (Å²) in [7, 11) is 1.73. The molecule has 1 unspecified atom stereocenters. The Balaban J connectivity index is 2.04. The number of ketones is 3. The van der Waals surface area contributed by atoms with E-state index in [-0.39, 0.29) is 22.4 Å². The van der Waals surface area contributed by atoms with Crippen molar-refractivity contribution < 1.29 is 19.2 Å². The molecule has 1 aromatic heterocycles. The van der Waals surface area contributed by atoms with E-state index in [4.69, 9.17) is 5.73 Å². The Morgan fingerprint density at radius 1 is 1.17 bits per heavy atom. The smallest absolute Gasteiger partial charge is 0.316 e. The standard InChI is InChI=1S/C16H13N3O4/c1-19-6-5-8(7-19)13(20)12-14(21)9-3-2-4-10(18-16(17)23)11(9)15(12)22/h2-7,12H,1H3,(H3,17,18,23). The maximum Gasteiger partial charge on any atom is 0.316 e. The minimum absolute atomic E-state index is 0.0329. The van der Waals surface area contributed by atoms with Gasteiger partial charge in [0.25, 0.3) is 0 Å². The molecule has 23 heavy (non-hydrogen) atoms. The second kappa shape index (κ2) is 5.20. The van der Waals surface area contributed by atoms with Gasteiger partial charge in [0.05, 0.1) is 11.3 Å². The molecule has 0 saturated heterocycles. The van der Waals surface area contributed by atoms with Crippen molar-refractivity contribution >= 4 is 29.1 Å². The number of carbonyl (C=O) groups excluding carboxylic acids is 4. The van der Waals surface area contributed by atoms with Crippen molar-refractivity contribution in [2.75, 3.05) is 5.32 Å². The molecule has 1 aliphatic carbocycles. The lowest BCUT2D eigenvalue weighted by molar-refractivity contribution is 0.0756. The van der Waals surface area contributed by atoms with Crippen molar-refractivity contribution in [1.29, 1.82) is 0 Å². The van der Waals surface area contributed by atoms with Crippen LogP contribution in [0.25, 0.3) is 0 Å². The van der Waals surface area contributed by atoms with Gasteiger partial charge in [0.2, 0.25) is 0 Å². The Morgan fingerprint density at radius 2 is 1.91 bits per heavy atom. The first-order chi connectivity index (χ1) is 10.9. The minimum atomic E-state index is -1.41. The molecule has 0 spiro atoms. The first kappa shape index (κ1) is 14.7. The van der Waals surface area contributed by atoms with E-state index in [9.17, 15) is 19.2 Å². The molecule has 0 aliphatic heterocycles. The van der Waals surface area contributed by atoms with Crippen LogP contribution in [-0.4, -0.2) is 27.9 Å². The average Bonchev–Trinajstić information content (AvgIpc) is 3.02. The van der Waals surface area contributed by atoms with Crippen LogP contribution in [0.3, 0.4) is 0 Å². The number of hydrogen-bond donors (Lipinski definition) is 2. The molecular weight excluding hydrogens is 298 g/mol. The molecule has 3 rings (SSSR count). The van der Waals surface area contributed by atoms with E-state index in [1.165, 1.54) is 18.2 Å². The third-order valence-electron chi connectivity index (χ3n) is 3.74. The van der Waals surface area contributed by atoms with Gasteiger partial charge in [0, 0.05) is 30.6 Å². The Morgan fingerprint density at radius 3 is 2.52 bits per heavy atom. The number of Topliss-reactive ketones (excluding diaryl/α,β-unsaturated/α-hetero) is 3. The van der Waals surface area contributed by atoms with Gasteiger partial charge in [-0.15, -0.1) is 0 Å². The highest BCUT2D eigenvalue weighted by atomic mass is 16.2. The second-order valence-corrected chi connectivity index (χ2v) is 5.31. The van der Waals surface area contributed by atoms with Gasteiger partial charge in [0.15, 0.2) is 17.3 Å². The molecule has 7 heteroatoms. The summed E-state index contributed by atoms with van der Waals surface area (Å²) in [5.74, 6) is -3.15. The van der Waals surface area contributed by atoms with Crippen LogP contribution >= 0.6 is 0 Å². The number of nitrogens with two attached hydrogens (primary N) is 1. The number of benzene rings is 1. The number of nitrogens with one attached hydrogen (secondary N) is 1. The quantitative estimate of drug-likeness (QED) is 0.659. The third-order valence-corrected chi connectivity index (χ3v) is 3.74. The molecule has 1 heterocycles. The normalized spacial score (nSPS) is 16.3. The van der Waals surface area contributed by atoms with Crippen molar-refractivity contribution in [1.82, 2.24) is 4.57 Å². The van der Waals surface area contributed by atoms with E-state index >= 15 is 0 Å². The molecule has 0 saturated carbocycles. The van der Waals surface area contributed by atoms with Crippen LogP contribution in [0.15, 0.2) is 36.7 Å². The Labute approximate surface area is 131 Å². The number of aryl methyl sites for hydroxylation is 1. The fourth-order valence-electron chi connectivity index (χ4n) is 2.73. The predicted molar refractivity (Wildman–Crippen MR) is 81.5 cm³/mol. The fraction of sp³-hybridized carbons (Fsp3) is 0.125. The molecule has 1 aliphatic rings. The zero-order valence-electron chi connectivity index (χ0n) is 12.2. The van der Waals surface area contributed by atoms with E-state index in [0.717, 1.165) is 0 Å². The SMILES string of the molecule is Cn1ccc(C(=O)C2C(=O)c3cccc(NC(N)=O)c3C2=O)c1. The predicted octanol–water partition coefficient (Wildman–Crippen LogP) is 1.39. The van der Waals surface area contributed by atoms with Crippen molar-refractivity contribution in [3.8, 4) is 0 Å². The lowest BCUT2D eigenvalue weighted by Crippen LogP contribution is -2.26. The Hall–Kier alpha value is -3.22. The summed E-state index contributed by atoms with van der Waals surface area (Å²) < 4.78 is 1.66. The monoisotopic (exact) mass is 311 g/mol. The first-order valence-electron chi connectivity index (χ1n) is 6.84. The number of primary amides is 1. The van der Waals surface area contributed by atoms with Gasteiger partial charge in [-0.3, -0.25) is 14.4 Å². The van der Waals surface area contributed by atoms with E-state index in [1.54, 1.807) is 30.1 Å². The maximum absolute atomic E-state index is 12.6. The van der Waals surface area contributed by atoms with Gasteiger partial charge >= 0.3 is 6.03 Å². The third kappa shape index (κ3) is 2.32. The lowest BCUT2D eigenvalue weighted by Gasteiger charge is -2.06. The molecule has 3 N–H and O–H groups in total. The molecule has 0 fully saturated rings. The van der Waals surface area contributed by atoms with Crippen molar-refractivity contribution in [2.45, 2.75) is 0 Å². The molecule has 7 nitrogen and oxygen atoms in total. The lowest BCUT2D eigenvalue weighted by atomic mass is 9.94. The second-order valence-electron chi connectivity index (χ2n) is 5.31. The number of carbonyl (C=O) groups is 4. The number of rotatable bonds is 3. The van der Waals surface area contributed by atoms with E-state index in [1.807, 2.05) is 0 Å². The molecule has 2 aromatic rings. The maximum atomic E-state index is 12.6. The van der Waals surface area contributed by atoms with Gasteiger partial charge in [-0.2, -0.15) is 0 Å². The topological polar surface area (TPSA) is 111 Å². The molecule has 2 amide bonds. The van der Waals surface area contributed by atoms with E-state index < -0.39 is 29.3 Å². The summed E-state index contributed by atoms with van der Waals surface area (Å²) in [5, 5.41) is 2.31. The van der Waals surface area contributed by atoms with Crippen LogP contribution < -0.4 is 11.1 Å². The van der Waals surface area contributed by atoms with Crippen LogP contribution in [0.5, 0.6) is 0 Å². The molecule has 0 radical (unpaired) electrons. The number of amides is 2. The summed E-state index contributed by atoms with van der Waals surface area (Å²) in [5.41, 5.74) is 5.65. The van der Waals surface area contributed by atoms with Crippen LogP contribution in [0.4, 0.5) is 10.5 Å². The van der Waals surface area contributed by atoms with Gasteiger partial charge in [-0.1, -0.05) is 12.1 Å². The molecule has 0 bridgehead atoms. The van der Waals surface area contributed by atoms with Gasteiger partial charge < -0.3 is 15.6 Å². The van der Waals surface area contributed by atoms with Crippen LogP contribution in [0.1, 0.15) is 31.1 Å². The van der Waals surface area contributed by atoms with Crippen LogP contribution in [-0.2, 0) is 7.05 Å². The van der Waals surface area contributed by atoms with Gasteiger partial charge in [0.1, 0.15) is 5.92 Å². The zero-order valence-corrected chi connectivity index (χ0v) is 12.2. The van der Waals surface area contributed by atoms with Crippen molar-refractivity contribution in [3.05, 3.63) is 53.3 Å². The number of aromatic nitrogens is 1. The first-order valence-corrected chi connectivity index (χ1v) is 6.84. The summed E-state index contributed by atoms with van der Waals surface area (Å²) >= 11 is 0. The van der Waals surface area contributed by atoms with Gasteiger partial charge in [-0.05, 0) is 12.1 Å². The number of hydrogen-bond acceptors (Lipinski definition) is 4. The highest BCUT2D eigenvalue weighted by Gasteiger charge is 2.45. The zero-order chi connectivity index (χ0) is 16.7. The summed E-state index contributed by atoms with van der Waals surface area (Å²) in [6, 6.07) is 5.14. The average molecular weight is 311 g/mol. The Bertz CT molecular complexity index is 866. The van der Waals surface area contributed by atoms with Gasteiger partial charge in [-0.25, -0.2) is 4.79 Å². The molecule has 116 valence electrons. The van der Waals surface area contributed by atoms with Crippen LogP contribution in [0.2, 0.25) is 0 Å². The summed E-state index contributed by atoms with van der Waals surface area (Å²) in [6.07, 6.45) is 3.21. The highest BCUT2D eigenvalue weighted by molar-refractivity contribution is 6.39. The highest BCUT2D eigenvalue weighted by Crippen LogP contribution is 2.34. The number of nitrogens with zero attached hydrogens (tertiary/aromatic N) is 1. The fourth-order valence-corrected chi connectivity index (χ4v) is 2.73. The molecule has 1 atom stereocenters. The largest absolute Gasteiger partial charge is 0.357 e. The summed E-state index contributed by atoms with van der Waals surface area (Å²) in [6.45, 7) is 0. The Kier molecular flexibility index (Phi) is 3.33. The number of fused-ring (bicyclic) bond motifs is 1.